The highest BCUT2D eigenvalue weighted by Crippen LogP contribution is 2.22. The fourth-order valence-electron chi connectivity index (χ4n) is 6.10. The molecule has 0 fully saturated rings. The van der Waals surface area contributed by atoms with Crippen LogP contribution in [0.5, 0.6) is 0 Å². The number of hydrogen-bond donors (Lipinski definition) is 4. The lowest BCUT2D eigenvalue weighted by atomic mass is 9.95. The number of esters is 2. The number of unbranched alkanes of at least 4 members (excludes halogenated alkanes) is 24. The summed E-state index contributed by atoms with van der Waals surface area (Å²) in [7, 11) is 0. The van der Waals surface area contributed by atoms with Gasteiger partial charge in [-0.1, -0.05) is 154 Å². The number of allylic oxidation sites excluding steroid dienone is 4. The second kappa shape index (κ2) is 33.6. The normalized spacial score (nSPS) is 14.4. The van der Waals surface area contributed by atoms with Crippen molar-refractivity contribution >= 4 is 11.9 Å². The Labute approximate surface area is 301 Å². The molecule has 0 aromatic carbocycles. The van der Waals surface area contributed by atoms with E-state index in [2.05, 4.69) is 38.2 Å². The Hall–Kier alpha value is -1.54. The van der Waals surface area contributed by atoms with E-state index in [1.54, 1.807) is 0 Å². The van der Waals surface area contributed by atoms with E-state index in [9.17, 15) is 30.0 Å². The van der Waals surface area contributed by atoms with Gasteiger partial charge in [-0.15, -0.1) is 0 Å². The summed E-state index contributed by atoms with van der Waals surface area (Å²) in [6, 6.07) is 0. The minimum atomic E-state index is -2.21. The largest absolute Gasteiger partial charge is 0.393 e. The SMILES string of the molecule is CCCCCCCC/C=C/CCCCCCCCC(O)(CO)C(=O)OC(=O)C(O)(CO)CCCCCCCC/C=C/CCCCCCCC. The van der Waals surface area contributed by atoms with Crippen LogP contribution in [-0.4, -0.2) is 56.8 Å². The highest BCUT2D eigenvalue weighted by molar-refractivity contribution is 5.94. The summed E-state index contributed by atoms with van der Waals surface area (Å²) in [6.07, 6.45) is 40.7. The lowest BCUT2D eigenvalue weighted by molar-refractivity contribution is -0.190. The third-order valence-electron chi connectivity index (χ3n) is 9.67. The molecule has 0 aromatic rings. The molecule has 0 aliphatic carbocycles. The van der Waals surface area contributed by atoms with E-state index < -0.39 is 36.4 Å². The van der Waals surface area contributed by atoms with Crippen LogP contribution >= 0.6 is 0 Å². The van der Waals surface area contributed by atoms with Gasteiger partial charge >= 0.3 is 11.9 Å². The maximum absolute atomic E-state index is 12.6. The molecular formula is C42H78O7. The second-order valence-corrected chi connectivity index (χ2v) is 14.4. The molecule has 288 valence electrons. The third-order valence-corrected chi connectivity index (χ3v) is 9.67. The summed E-state index contributed by atoms with van der Waals surface area (Å²) >= 11 is 0. The maximum atomic E-state index is 12.6. The molecule has 0 bridgehead atoms. The second-order valence-electron chi connectivity index (χ2n) is 14.4. The van der Waals surface area contributed by atoms with Gasteiger partial charge in [0.1, 0.15) is 0 Å². The average Bonchev–Trinajstić information content (AvgIpc) is 3.10. The van der Waals surface area contributed by atoms with E-state index in [0.29, 0.717) is 12.8 Å². The molecule has 0 aromatic heterocycles. The fraction of sp³-hybridized carbons (Fsp3) is 0.857. The minimum absolute atomic E-state index is 0.0384. The Bertz CT molecular complexity index is 760. The van der Waals surface area contributed by atoms with E-state index in [0.717, 1.165) is 77.0 Å². The van der Waals surface area contributed by atoms with E-state index in [1.807, 2.05) is 0 Å². The number of aliphatic hydroxyl groups excluding tert-OH is 2. The van der Waals surface area contributed by atoms with Crippen molar-refractivity contribution in [1.82, 2.24) is 0 Å². The van der Waals surface area contributed by atoms with Crippen molar-refractivity contribution in [1.29, 1.82) is 0 Å². The predicted octanol–water partition coefficient (Wildman–Crippen LogP) is 10.4. The van der Waals surface area contributed by atoms with Crippen molar-refractivity contribution in [3.8, 4) is 0 Å². The predicted molar refractivity (Wildman–Crippen MR) is 203 cm³/mol. The van der Waals surface area contributed by atoms with Gasteiger partial charge in [-0.3, -0.25) is 0 Å². The van der Waals surface area contributed by atoms with Gasteiger partial charge in [-0.2, -0.15) is 0 Å². The summed E-state index contributed by atoms with van der Waals surface area (Å²) in [5, 5.41) is 40.8. The third kappa shape index (κ3) is 26.9. The fourth-order valence-corrected chi connectivity index (χ4v) is 6.10. The summed E-state index contributed by atoms with van der Waals surface area (Å²) in [5.74, 6) is -2.55. The standard InChI is InChI=1S/C42H78O7/c1-3-5-7-9-11-13-15-17-19-21-23-25-27-29-31-33-35-41(47,37-43)39(45)49-40(46)42(48,38-44)36-34-32-30-28-26-24-22-20-18-16-14-12-10-8-6-4-2/h17-20,43-44,47-48H,3-16,21-38H2,1-2H3/b19-17+,20-18+. The van der Waals surface area contributed by atoms with Gasteiger partial charge in [0.05, 0.1) is 13.2 Å². The zero-order chi connectivity index (χ0) is 36.3. The first-order valence-electron chi connectivity index (χ1n) is 20.5. The van der Waals surface area contributed by atoms with E-state index >= 15 is 0 Å². The van der Waals surface area contributed by atoms with Gasteiger partial charge in [-0.25, -0.2) is 9.59 Å². The maximum Gasteiger partial charge on any atom is 0.348 e. The molecule has 0 aliphatic heterocycles. The molecule has 2 atom stereocenters. The zero-order valence-corrected chi connectivity index (χ0v) is 32.0. The lowest BCUT2D eigenvalue weighted by Crippen LogP contribution is -2.50. The average molecular weight is 695 g/mol. The Morgan fingerprint density at radius 1 is 0.429 bits per heavy atom. The highest BCUT2D eigenvalue weighted by atomic mass is 16.6. The molecule has 7 nitrogen and oxygen atoms in total. The van der Waals surface area contributed by atoms with Crippen LogP contribution in [0.25, 0.3) is 0 Å². The smallest absolute Gasteiger partial charge is 0.348 e. The Morgan fingerprint density at radius 2 is 0.673 bits per heavy atom. The molecule has 0 heterocycles. The molecule has 0 amide bonds. The number of rotatable bonds is 36. The van der Waals surface area contributed by atoms with Gasteiger partial charge in [0, 0.05) is 0 Å². The van der Waals surface area contributed by atoms with Crippen LogP contribution in [0.2, 0.25) is 0 Å². The zero-order valence-electron chi connectivity index (χ0n) is 32.0. The van der Waals surface area contributed by atoms with Gasteiger partial charge in [0.2, 0.25) is 0 Å². The van der Waals surface area contributed by atoms with Gasteiger partial charge < -0.3 is 25.2 Å². The molecule has 2 unspecified atom stereocenters. The van der Waals surface area contributed by atoms with Gasteiger partial charge in [0.15, 0.2) is 11.2 Å². The van der Waals surface area contributed by atoms with E-state index in [4.69, 9.17) is 4.74 Å². The topological polar surface area (TPSA) is 124 Å². The Morgan fingerprint density at radius 3 is 0.939 bits per heavy atom. The molecule has 49 heavy (non-hydrogen) atoms. The van der Waals surface area contributed by atoms with Crippen LogP contribution in [0.15, 0.2) is 24.3 Å². The molecule has 0 saturated heterocycles. The Balaban J connectivity index is 4.07. The van der Waals surface area contributed by atoms with E-state index in [1.165, 1.54) is 89.9 Å². The molecule has 0 rings (SSSR count). The Kier molecular flexibility index (Phi) is 32.5. The van der Waals surface area contributed by atoms with Crippen LogP contribution in [0.1, 0.15) is 206 Å². The number of carbonyl (C=O) groups is 2. The monoisotopic (exact) mass is 695 g/mol. The first kappa shape index (κ1) is 47.5. The molecule has 7 heteroatoms. The summed E-state index contributed by atoms with van der Waals surface area (Å²) in [6.45, 7) is 2.73. The first-order valence-corrected chi connectivity index (χ1v) is 20.5. The number of hydrogen-bond acceptors (Lipinski definition) is 7. The van der Waals surface area contributed by atoms with E-state index in [-0.39, 0.29) is 12.8 Å². The van der Waals surface area contributed by atoms with Crippen molar-refractivity contribution in [3.63, 3.8) is 0 Å². The number of carbonyl (C=O) groups excluding carboxylic acids is 2. The quantitative estimate of drug-likeness (QED) is 0.0223. The van der Waals surface area contributed by atoms with Crippen molar-refractivity contribution in [2.45, 2.75) is 218 Å². The van der Waals surface area contributed by atoms with Gasteiger partial charge in [0.25, 0.3) is 0 Å². The number of ether oxygens (including phenoxy) is 1. The molecule has 4 N–H and O–H groups in total. The molecule has 0 radical (unpaired) electrons. The van der Waals surface area contributed by atoms with Crippen LogP contribution in [-0.2, 0) is 14.3 Å². The summed E-state index contributed by atoms with van der Waals surface area (Å²) in [4.78, 5) is 25.3. The number of aliphatic hydroxyl groups is 4. The summed E-state index contributed by atoms with van der Waals surface area (Å²) < 4.78 is 4.81. The van der Waals surface area contributed by atoms with Crippen LogP contribution < -0.4 is 0 Å². The molecule has 0 spiro atoms. The van der Waals surface area contributed by atoms with Crippen LogP contribution in [0.3, 0.4) is 0 Å². The first-order chi connectivity index (χ1) is 23.8. The van der Waals surface area contributed by atoms with Crippen LogP contribution in [0, 0.1) is 0 Å². The van der Waals surface area contributed by atoms with Crippen molar-refractivity contribution < 1.29 is 34.8 Å². The molecular weight excluding hydrogens is 616 g/mol. The minimum Gasteiger partial charge on any atom is -0.393 e. The lowest BCUT2D eigenvalue weighted by Gasteiger charge is -2.27. The summed E-state index contributed by atoms with van der Waals surface area (Å²) in [5.41, 5.74) is -4.42. The molecule has 0 aliphatic rings. The highest BCUT2D eigenvalue weighted by Gasteiger charge is 2.43. The van der Waals surface area contributed by atoms with Crippen molar-refractivity contribution in [2.24, 2.45) is 0 Å². The van der Waals surface area contributed by atoms with Gasteiger partial charge in [-0.05, 0) is 77.0 Å². The van der Waals surface area contributed by atoms with Crippen LogP contribution in [0.4, 0.5) is 0 Å². The van der Waals surface area contributed by atoms with Crippen molar-refractivity contribution in [3.05, 3.63) is 24.3 Å². The molecule has 0 saturated carbocycles. The van der Waals surface area contributed by atoms with Crippen molar-refractivity contribution in [2.75, 3.05) is 13.2 Å².